The molecule has 0 radical (unpaired) electrons. The quantitative estimate of drug-likeness (QED) is 0.732. The summed E-state index contributed by atoms with van der Waals surface area (Å²) < 4.78 is 0. The highest BCUT2D eigenvalue weighted by Crippen LogP contribution is 2.42. The van der Waals surface area contributed by atoms with Crippen molar-refractivity contribution in [1.29, 1.82) is 0 Å². The van der Waals surface area contributed by atoms with E-state index in [2.05, 4.69) is 42.5 Å². The lowest BCUT2D eigenvalue weighted by Crippen LogP contribution is -2.39. The Morgan fingerprint density at radius 2 is 1.65 bits per heavy atom. The van der Waals surface area contributed by atoms with Crippen LogP contribution in [0.5, 0.6) is 0 Å². The van der Waals surface area contributed by atoms with Crippen molar-refractivity contribution < 1.29 is 0 Å². The number of benzene rings is 1. The van der Waals surface area contributed by atoms with E-state index in [0.29, 0.717) is 0 Å². The highest BCUT2D eigenvalue weighted by atomic mass is 32.2. The van der Waals surface area contributed by atoms with Gasteiger partial charge in [0, 0.05) is 17.0 Å². The molecule has 17 heavy (non-hydrogen) atoms. The van der Waals surface area contributed by atoms with Gasteiger partial charge in [0.05, 0.1) is 0 Å². The van der Waals surface area contributed by atoms with Gasteiger partial charge in [-0.25, -0.2) is 0 Å². The lowest BCUT2D eigenvalue weighted by molar-refractivity contribution is 0.161. The summed E-state index contributed by atoms with van der Waals surface area (Å²) >= 11 is 1.83. The number of fused-ring (bicyclic) bond motifs is 2. The molecule has 1 aromatic rings. The summed E-state index contributed by atoms with van der Waals surface area (Å²) in [5, 5.41) is 0. The maximum atomic E-state index is 2.62. The normalized spacial score (nSPS) is 32.9. The first-order valence-corrected chi connectivity index (χ1v) is 7.86. The van der Waals surface area contributed by atoms with Gasteiger partial charge in [0.25, 0.3) is 0 Å². The molecule has 2 heteroatoms. The Morgan fingerprint density at radius 1 is 1.06 bits per heavy atom. The van der Waals surface area contributed by atoms with Crippen LogP contribution in [0.4, 0.5) is 0 Å². The number of hydrogen-bond acceptors (Lipinski definition) is 2. The van der Waals surface area contributed by atoms with Gasteiger partial charge in [0.2, 0.25) is 0 Å². The standard InChI is InChI=1S/C15H21NS/c1-16-13-5-6-14(16)10-12(9-13)11-3-7-15(17-2)8-4-11/h3-4,7-8,12-14H,5-6,9-10H2,1-2H3. The minimum atomic E-state index is 0.805. The molecule has 2 bridgehead atoms. The number of piperidine rings is 1. The predicted octanol–water partition coefficient (Wildman–Crippen LogP) is 3.75. The van der Waals surface area contributed by atoms with Gasteiger partial charge >= 0.3 is 0 Å². The summed E-state index contributed by atoms with van der Waals surface area (Å²) in [4.78, 5) is 4.00. The number of rotatable bonds is 2. The smallest absolute Gasteiger partial charge is 0.0102 e. The third-order valence-electron chi connectivity index (χ3n) is 4.69. The van der Waals surface area contributed by atoms with Crippen molar-refractivity contribution in [3.05, 3.63) is 29.8 Å². The largest absolute Gasteiger partial charge is 0.300 e. The number of thioether (sulfide) groups is 1. The van der Waals surface area contributed by atoms with Crippen LogP contribution >= 0.6 is 11.8 Å². The second-order valence-corrected chi connectivity index (χ2v) is 6.37. The fourth-order valence-corrected chi connectivity index (χ4v) is 3.97. The third-order valence-corrected chi connectivity index (χ3v) is 5.43. The Morgan fingerprint density at radius 3 is 2.18 bits per heavy atom. The molecule has 2 unspecified atom stereocenters. The zero-order valence-corrected chi connectivity index (χ0v) is 11.5. The van der Waals surface area contributed by atoms with Crippen LogP contribution in [0.1, 0.15) is 37.2 Å². The molecule has 0 amide bonds. The molecule has 0 aliphatic carbocycles. The van der Waals surface area contributed by atoms with Gasteiger partial charge in [-0.1, -0.05) is 12.1 Å². The van der Waals surface area contributed by atoms with E-state index in [4.69, 9.17) is 0 Å². The van der Waals surface area contributed by atoms with Crippen LogP contribution in [0.25, 0.3) is 0 Å². The van der Waals surface area contributed by atoms with E-state index in [9.17, 15) is 0 Å². The van der Waals surface area contributed by atoms with Gasteiger partial charge in [-0.05, 0) is 62.6 Å². The van der Waals surface area contributed by atoms with Gasteiger partial charge in [-0.3, -0.25) is 0 Å². The first-order chi connectivity index (χ1) is 8.28. The van der Waals surface area contributed by atoms with E-state index >= 15 is 0 Å². The van der Waals surface area contributed by atoms with Gasteiger partial charge in [-0.2, -0.15) is 0 Å². The third kappa shape index (κ3) is 2.13. The highest BCUT2D eigenvalue weighted by Gasteiger charge is 2.38. The number of hydrogen-bond donors (Lipinski definition) is 0. The molecule has 2 aliphatic rings. The summed E-state index contributed by atoms with van der Waals surface area (Å²) in [5.74, 6) is 0.805. The van der Waals surface area contributed by atoms with Crippen molar-refractivity contribution in [2.45, 2.75) is 48.6 Å². The van der Waals surface area contributed by atoms with Crippen molar-refractivity contribution in [3.63, 3.8) is 0 Å². The van der Waals surface area contributed by atoms with Crippen molar-refractivity contribution in [3.8, 4) is 0 Å². The van der Waals surface area contributed by atoms with Gasteiger partial charge < -0.3 is 4.90 Å². The van der Waals surface area contributed by atoms with E-state index in [1.165, 1.54) is 30.6 Å². The monoisotopic (exact) mass is 247 g/mol. The zero-order chi connectivity index (χ0) is 11.8. The highest BCUT2D eigenvalue weighted by molar-refractivity contribution is 7.98. The van der Waals surface area contributed by atoms with E-state index in [1.807, 2.05) is 11.8 Å². The summed E-state index contributed by atoms with van der Waals surface area (Å²) in [6.45, 7) is 0. The Bertz CT molecular complexity index is 372. The van der Waals surface area contributed by atoms with Crippen LogP contribution in [-0.4, -0.2) is 30.3 Å². The van der Waals surface area contributed by atoms with E-state index in [0.717, 1.165) is 18.0 Å². The molecule has 0 spiro atoms. The lowest BCUT2D eigenvalue weighted by Gasteiger charge is -2.36. The topological polar surface area (TPSA) is 3.24 Å². The van der Waals surface area contributed by atoms with E-state index in [-0.39, 0.29) is 0 Å². The Kier molecular flexibility index (Phi) is 3.18. The molecule has 2 aliphatic heterocycles. The van der Waals surface area contributed by atoms with Gasteiger partial charge in [0.15, 0.2) is 0 Å². The first-order valence-electron chi connectivity index (χ1n) is 6.64. The average Bonchev–Trinajstić information content (AvgIpc) is 2.61. The molecule has 2 heterocycles. The molecular formula is C15H21NS. The van der Waals surface area contributed by atoms with Crippen molar-refractivity contribution in [2.24, 2.45) is 0 Å². The van der Waals surface area contributed by atoms with Crippen molar-refractivity contribution >= 4 is 11.8 Å². The molecule has 0 saturated carbocycles. The maximum Gasteiger partial charge on any atom is 0.0102 e. The van der Waals surface area contributed by atoms with Crippen molar-refractivity contribution in [2.75, 3.05) is 13.3 Å². The number of nitrogens with zero attached hydrogens (tertiary/aromatic N) is 1. The van der Waals surface area contributed by atoms with Crippen LogP contribution in [-0.2, 0) is 0 Å². The molecule has 0 aromatic heterocycles. The van der Waals surface area contributed by atoms with Crippen LogP contribution in [0.15, 0.2) is 29.2 Å². The molecule has 2 saturated heterocycles. The van der Waals surface area contributed by atoms with Crippen molar-refractivity contribution in [1.82, 2.24) is 4.90 Å². The summed E-state index contributed by atoms with van der Waals surface area (Å²) in [6.07, 6.45) is 7.71. The molecule has 2 fully saturated rings. The molecular weight excluding hydrogens is 226 g/mol. The Balaban J connectivity index is 1.76. The van der Waals surface area contributed by atoms with Crippen LogP contribution in [0, 0.1) is 0 Å². The molecule has 2 atom stereocenters. The summed E-state index contributed by atoms with van der Waals surface area (Å²) in [7, 11) is 2.31. The average molecular weight is 247 g/mol. The zero-order valence-electron chi connectivity index (χ0n) is 10.7. The second kappa shape index (κ2) is 4.66. The van der Waals surface area contributed by atoms with Gasteiger partial charge in [0.1, 0.15) is 0 Å². The van der Waals surface area contributed by atoms with E-state index < -0.39 is 0 Å². The summed E-state index contributed by atoms with van der Waals surface area (Å²) in [6, 6.07) is 10.9. The first kappa shape index (κ1) is 11.6. The summed E-state index contributed by atoms with van der Waals surface area (Å²) in [5.41, 5.74) is 1.56. The Hall–Kier alpha value is -0.470. The minimum absolute atomic E-state index is 0.805. The molecule has 92 valence electrons. The SMILES string of the molecule is CSc1ccc(C2CC3CCC(C2)N3C)cc1. The predicted molar refractivity (Wildman–Crippen MR) is 74.8 cm³/mol. The van der Waals surface area contributed by atoms with Gasteiger partial charge in [-0.15, -0.1) is 11.8 Å². The molecule has 1 nitrogen and oxygen atoms in total. The van der Waals surface area contributed by atoms with E-state index in [1.54, 1.807) is 5.56 Å². The maximum absolute atomic E-state index is 2.62. The molecule has 3 rings (SSSR count). The lowest BCUT2D eigenvalue weighted by atomic mass is 9.85. The minimum Gasteiger partial charge on any atom is -0.300 e. The second-order valence-electron chi connectivity index (χ2n) is 5.49. The van der Waals surface area contributed by atoms with Crippen LogP contribution in [0.3, 0.4) is 0 Å². The fourth-order valence-electron chi connectivity index (χ4n) is 3.56. The van der Waals surface area contributed by atoms with Crippen LogP contribution < -0.4 is 0 Å². The molecule has 0 N–H and O–H groups in total. The van der Waals surface area contributed by atoms with Crippen LogP contribution in [0.2, 0.25) is 0 Å². The Labute approximate surface area is 109 Å². The molecule has 1 aromatic carbocycles. The fraction of sp³-hybridized carbons (Fsp3) is 0.600.